The number of rotatable bonds is 17. The first-order chi connectivity index (χ1) is 27.4. The number of esters is 1. The number of nitrogens with one attached hydrogen (secondary N) is 4. The summed E-state index contributed by atoms with van der Waals surface area (Å²) in [6.07, 6.45) is 1.39. The van der Waals surface area contributed by atoms with Crippen molar-refractivity contribution in [2.45, 2.75) is 82.6 Å². The maximum Gasteiger partial charge on any atom is 0.305 e. The summed E-state index contributed by atoms with van der Waals surface area (Å²) in [4.78, 5) is 82.1. The van der Waals surface area contributed by atoms with E-state index >= 15 is 0 Å². The van der Waals surface area contributed by atoms with E-state index in [1.54, 1.807) is 12.1 Å². The van der Waals surface area contributed by atoms with E-state index in [2.05, 4.69) is 21.3 Å². The van der Waals surface area contributed by atoms with Gasteiger partial charge in [-0.15, -0.1) is 22.9 Å². The number of likely N-dealkylation sites (tertiary alicyclic amines) is 1. The van der Waals surface area contributed by atoms with Gasteiger partial charge in [-0.1, -0.05) is 60.2 Å². The molecule has 1 aliphatic heterocycles. The van der Waals surface area contributed by atoms with E-state index in [9.17, 15) is 33.2 Å². The Morgan fingerprint density at radius 3 is 2.28 bits per heavy atom. The second-order valence-corrected chi connectivity index (χ2v) is 15.2. The number of hydrogen-bond acceptors (Lipinski definition) is 8. The third-order valence-electron chi connectivity index (χ3n) is 9.90. The van der Waals surface area contributed by atoms with Crippen LogP contribution in [0.1, 0.15) is 54.4 Å². The summed E-state index contributed by atoms with van der Waals surface area (Å²) < 4.78 is 19.5. The number of benzene rings is 3. The first kappa shape index (κ1) is 42.8. The van der Waals surface area contributed by atoms with Crippen molar-refractivity contribution in [3.8, 4) is 0 Å². The fraction of sp³-hybridized carbons (Fsp3) is 0.381. The summed E-state index contributed by atoms with van der Waals surface area (Å²) in [7, 11) is 1.22. The standard InChI is InChI=1S/C42H47ClFN5O7S/c1-26-10-12-28(13-11-26)24-45-39(52)33(21-27-14-16-30(44)17-15-27)47-40(53)34(22-29-25-57-36-9-4-3-7-31(29)36)48-41(54)35-8-5-6-20-49(35)42(55)32(46-37(50)23-43)18-19-38(51)56-2/h3-4,7,9-17,25,32-35H,5-6,8,18-24H2,1-2H3,(H,45,52)(H,46,50)(H,47,53)(H,48,54)/t32-,33-,34-,35-/m0/s1. The van der Waals surface area contributed by atoms with Crippen LogP contribution in [0.2, 0.25) is 0 Å². The quantitative estimate of drug-likeness (QED) is 0.0903. The first-order valence-electron chi connectivity index (χ1n) is 18.8. The fourth-order valence-electron chi connectivity index (χ4n) is 6.77. The third-order valence-corrected chi connectivity index (χ3v) is 11.2. The molecule has 0 spiro atoms. The van der Waals surface area contributed by atoms with E-state index in [0.717, 1.165) is 26.8 Å². The van der Waals surface area contributed by atoms with E-state index in [0.29, 0.717) is 18.4 Å². The highest BCUT2D eigenvalue weighted by Crippen LogP contribution is 2.27. The van der Waals surface area contributed by atoms with Crippen molar-refractivity contribution in [1.29, 1.82) is 0 Å². The molecule has 0 unspecified atom stereocenters. The largest absolute Gasteiger partial charge is 0.469 e. The molecule has 1 fully saturated rings. The van der Waals surface area contributed by atoms with Gasteiger partial charge >= 0.3 is 5.97 Å². The average molecular weight is 820 g/mol. The van der Waals surface area contributed by atoms with Crippen molar-refractivity contribution in [3.63, 3.8) is 0 Å². The van der Waals surface area contributed by atoms with Gasteiger partial charge in [-0.05, 0) is 78.3 Å². The third kappa shape index (κ3) is 12.1. The van der Waals surface area contributed by atoms with Gasteiger partial charge in [0.05, 0.1) is 7.11 Å². The van der Waals surface area contributed by atoms with Crippen LogP contribution in [0.5, 0.6) is 0 Å². The number of nitrogens with zero attached hydrogens (tertiary/aromatic N) is 1. The zero-order valence-electron chi connectivity index (χ0n) is 31.9. The number of carbonyl (C=O) groups is 6. The number of fused-ring (bicyclic) bond motifs is 1. The topological polar surface area (TPSA) is 163 Å². The molecule has 4 aromatic rings. The molecule has 0 bridgehead atoms. The van der Waals surface area contributed by atoms with E-state index < -0.39 is 71.4 Å². The lowest BCUT2D eigenvalue weighted by Gasteiger charge is -2.37. The van der Waals surface area contributed by atoms with Gasteiger partial charge in [-0.25, -0.2) is 4.39 Å². The normalized spacial score (nSPS) is 15.5. The van der Waals surface area contributed by atoms with Crippen molar-refractivity contribution >= 4 is 68.5 Å². The number of alkyl halides is 1. The van der Waals surface area contributed by atoms with Crippen LogP contribution in [-0.4, -0.2) is 84.1 Å². The molecule has 12 nitrogen and oxygen atoms in total. The van der Waals surface area contributed by atoms with Crippen LogP contribution >= 0.6 is 22.9 Å². The van der Waals surface area contributed by atoms with Gasteiger partial charge in [0.2, 0.25) is 29.5 Å². The highest BCUT2D eigenvalue weighted by atomic mass is 35.5. The molecular weight excluding hydrogens is 773 g/mol. The molecule has 4 atom stereocenters. The van der Waals surface area contributed by atoms with Crippen molar-refractivity contribution in [2.75, 3.05) is 19.5 Å². The summed E-state index contributed by atoms with van der Waals surface area (Å²) in [5.41, 5.74) is 3.33. The van der Waals surface area contributed by atoms with E-state index in [1.165, 1.54) is 35.5 Å². The number of aryl methyl sites for hydroxylation is 1. The predicted octanol–water partition coefficient (Wildman–Crippen LogP) is 4.48. The second-order valence-electron chi connectivity index (χ2n) is 14.0. The van der Waals surface area contributed by atoms with Crippen LogP contribution in [0.3, 0.4) is 0 Å². The highest BCUT2D eigenvalue weighted by molar-refractivity contribution is 7.17. The lowest BCUT2D eigenvalue weighted by Crippen LogP contribution is -2.61. The molecular formula is C42H47ClFN5O7S. The molecule has 0 aliphatic carbocycles. The Morgan fingerprint density at radius 2 is 1.56 bits per heavy atom. The number of piperidine rings is 1. The first-order valence-corrected chi connectivity index (χ1v) is 20.2. The summed E-state index contributed by atoms with van der Waals surface area (Å²) >= 11 is 7.22. The Labute approximate surface area is 339 Å². The van der Waals surface area contributed by atoms with E-state index in [-0.39, 0.29) is 45.2 Å². The van der Waals surface area contributed by atoms with Gasteiger partial charge in [0.1, 0.15) is 35.9 Å². The van der Waals surface area contributed by atoms with Crippen molar-refractivity contribution in [1.82, 2.24) is 26.2 Å². The van der Waals surface area contributed by atoms with Gasteiger partial charge in [0, 0.05) is 37.1 Å². The number of thiophene rings is 1. The van der Waals surface area contributed by atoms with E-state index in [4.69, 9.17) is 16.3 Å². The van der Waals surface area contributed by atoms with E-state index in [1.807, 2.05) is 60.8 Å². The zero-order valence-corrected chi connectivity index (χ0v) is 33.4. The van der Waals surface area contributed by atoms with Gasteiger partial charge < -0.3 is 30.9 Å². The van der Waals surface area contributed by atoms with Crippen LogP contribution in [0.25, 0.3) is 10.1 Å². The monoisotopic (exact) mass is 819 g/mol. The minimum Gasteiger partial charge on any atom is -0.469 e. The van der Waals surface area contributed by atoms with Gasteiger partial charge in [-0.3, -0.25) is 28.8 Å². The maximum absolute atomic E-state index is 14.4. The molecule has 4 N–H and O–H groups in total. The number of carbonyl (C=O) groups excluding carboxylic acids is 6. The van der Waals surface area contributed by atoms with Crippen LogP contribution in [0.4, 0.5) is 4.39 Å². The molecule has 2 heterocycles. The molecule has 1 aliphatic rings. The predicted molar refractivity (Wildman–Crippen MR) is 216 cm³/mol. The molecule has 1 saturated heterocycles. The summed E-state index contributed by atoms with van der Waals surface area (Å²) in [5.74, 6) is -4.29. The number of halogens is 2. The highest BCUT2D eigenvalue weighted by Gasteiger charge is 2.38. The van der Waals surface area contributed by atoms with Crippen LogP contribution in [0, 0.1) is 12.7 Å². The van der Waals surface area contributed by atoms with Crippen LogP contribution in [-0.2, 0) is 52.9 Å². The minimum absolute atomic E-state index is 0.0414. The Kier molecular flexibility index (Phi) is 15.6. The minimum atomic E-state index is -1.18. The zero-order chi connectivity index (χ0) is 40.9. The Morgan fingerprint density at radius 1 is 0.860 bits per heavy atom. The molecule has 0 radical (unpaired) electrons. The summed E-state index contributed by atoms with van der Waals surface area (Å²) in [6.45, 7) is 2.37. The average Bonchev–Trinajstić information content (AvgIpc) is 3.64. The van der Waals surface area contributed by atoms with Crippen molar-refractivity contribution in [3.05, 3.63) is 106 Å². The lowest BCUT2D eigenvalue weighted by atomic mass is 9.97. The number of hydrogen-bond donors (Lipinski definition) is 4. The van der Waals surface area contributed by atoms with Crippen LogP contribution < -0.4 is 21.3 Å². The molecule has 302 valence electrons. The number of ether oxygens (including phenoxy) is 1. The SMILES string of the molecule is COC(=O)CC[C@H](NC(=O)CCl)C(=O)N1CCCC[C@H]1C(=O)N[C@@H](Cc1csc2ccccc12)C(=O)N[C@@H](Cc1ccc(F)cc1)C(=O)NCc1ccc(C)cc1. The molecule has 5 rings (SSSR count). The molecule has 57 heavy (non-hydrogen) atoms. The molecule has 0 saturated carbocycles. The fourth-order valence-corrected chi connectivity index (χ4v) is 7.82. The smallest absolute Gasteiger partial charge is 0.305 e. The van der Waals surface area contributed by atoms with Crippen LogP contribution in [0.15, 0.2) is 78.2 Å². The molecule has 1 aromatic heterocycles. The Balaban J connectivity index is 1.40. The Hall–Kier alpha value is -5.34. The second kappa shape index (κ2) is 20.7. The lowest BCUT2D eigenvalue weighted by molar-refractivity contribution is -0.146. The van der Waals surface area contributed by atoms with Gasteiger partial charge in [0.25, 0.3) is 0 Å². The summed E-state index contributed by atoms with van der Waals surface area (Å²) in [6, 6.07) is 16.6. The molecule has 3 aromatic carbocycles. The van der Waals surface area contributed by atoms with Gasteiger partial charge in [-0.2, -0.15) is 0 Å². The van der Waals surface area contributed by atoms with Crippen molar-refractivity contribution in [2.24, 2.45) is 0 Å². The van der Waals surface area contributed by atoms with Crippen molar-refractivity contribution < 1.29 is 37.9 Å². The summed E-state index contributed by atoms with van der Waals surface area (Å²) in [5, 5.41) is 14.1. The number of methoxy groups -OCH3 is 1. The Bertz CT molecular complexity index is 2040. The maximum atomic E-state index is 14.4. The van der Waals surface area contributed by atoms with Gasteiger partial charge in [0.15, 0.2) is 0 Å². The number of amides is 5. The molecule has 15 heteroatoms. The molecule has 5 amide bonds.